The van der Waals surface area contributed by atoms with Crippen LogP contribution in [-0.4, -0.2) is 50.8 Å². The molecule has 2 fully saturated rings. The minimum Gasteiger partial charge on any atom is -0.489 e. The molecule has 0 aromatic carbocycles. The quantitative estimate of drug-likeness (QED) is 0.344. The Bertz CT molecular complexity index is 1150. The first-order valence-corrected chi connectivity index (χ1v) is 11.7. The fraction of sp³-hybridized carbons (Fsp3) is 0.500. The number of aryl methyl sites for hydroxylation is 1. The van der Waals surface area contributed by atoms with Gasteiger partial charge in [0.1, 0.15) is 18.1 Å². The smallest absolute Gasteiger partial charge is 0.317 e. The number of carboxylic acid groups (broad SMARTS) is 1. The van der Waals surface area contributed by atoms with Crippen molar-refractivity contribution < 1.29 is 28.2 Å². The molecule has 36 heavy (non-hydrogen) atoms. The Balaban J connectivity index is 1.45. The third kappa shape index (κ3) is 5.48. The molecule has 0 radical (unpaired) electrons. The van der Waals surface area contributed by atoms with Crippen LogP contribution in [0.15, 0.2) is 30.1 Å². The van der Waals surface area contributed by atoms with Gasteiger partial charge in [-0.1, -0.05) is 0 Å². The SMILES string of the molecule is Cc1nc(/C(N)=C(\COc2nccc(C(F)F)n2)N(C)N)ccc1OC1CC2CCC(C(=O)O)C2C1. The maximum absolute atomic E-state index is 12.9. The summed E-state index contributed by atoms with van der Waals surface area (Å²) in [6, 6.07) is 4.36. The molecular weight excluding hydrogens is 474 g/mol. The molecule has 0 saturated heterocycles. The van der Waals surface area contributed by atoms with Crippen LogP contribution in [-0.2, 0) is 4.79 Å². The lowest BCUT2D eigenvalue weighted by Gasteiger charge is -2.20. The van der Waals surface area contributed by atoms with E-state index in [4.69, 9.17) is 21.1 Å². The molecule has 4 unspecified atom stereocenters. The number of pyridine rings is 1. The average Bonchev–Trinajstić information content (AvgIpc) is 3.40. The largest absolute Gasteiger partial charge is 0.489 e. The second kappa shape index (κ2) is 10.6. The van der Waals surface area contributed by atoms with Crippen LogP contribution in [0.1, 0.15) is 49.2 Å². The van der Waals surface area contributed by atoms with Gasteiger partial charge in [0.2, 0.25) is 0 Å². The molecule has 4 rings (SSSR count). The highest BCUT2D eigenvalue weighted by Gasteiger charge is 2.47. The number of nitrogens with two attached hydrogens (primary N) is 2. The van der Waals surface area contributed by atoms with Gasteiger partial charge in [0.15, 0.2) is 0 Å². The predicted molar refractivity (Wildman–Crippen MR) is 126 cm³/mol. The number of nitrogens with zero attached hydrogens (tertiary/aromatic N) is 4. The maximum Gasteiger partial charge on any atom is 0.317 e. The topological polar surface area (TPSA) is 150 Å². The molecule has 0 spiro atoms. The molecule has 2 aromatic rings. The molecule has 0 bridgehead atoms. The van der Waals surface area contributed by atoms with Crippen LogP contribution in [0.5, 0.6) is 11.8 Å². The summed E-state index contributed by atoms with van der Waals surface area (Å²) < 4.78 is 37.4. The lowest BCUT2D eigenvalue weighted by atomic mass is 9.92. The molecule has 2 heterocycles. The number of ether oxygens (including phenoxy) is 2. The summed E-state index contributed by atoms with van der Waals surface area (Å²) in [6.07, 6.45) is 1.61. The molecule has 2 aromatic heterocycles. The Morgan fingerprint density at radius 1 is 1.25 bits per heavy atom. The summed E-state index contributed by atoms with van der Waals surface area (Å²) in [6.45, 7) is 1.63. The molecule has 0 aliphatic heterocycles. The van der Waals surface area contributed by atoms with Gasteiger partial charge >= 0.3 is 12.0 Å². The molecule has 4 atom stereocenters. The molecule has 10 nitrogen and oxygen atoms in total. The van der Waals surface area contributed by atoms with Gasteiger partial charge in [0, 0.05) is 13.2 Å². The molecule has 194 valence electrons. The Kier molecular flexibility index (Phi) is 7.53. The van der Waals surface area contributed by atoms with Gasteiger partial charge in [-0.25, -0.2) is 24.6 Å². The van der Waals surface area contributed by atoms with Crippen molar-refractivity contribution in [2.75, 3.05) is 13.7 Å². The molecule has 5 N–H and O–H groups in total. The Morgan fingerprint density at radius 2 is 2.03 bits per heavy atom. The number of aliphatic carboxylic acids is 1. The van der Waals surface area contributed by atoms with Gasteiger partial charge in [0.25, 0.3) is 6.43 Å². The van der Waals surface area contributed by atoms with Crippen LogP contribution in [0.2, 0.25) is 0 Å². The minimum atomic E-state index is -2.75. The Labute approximate surface area is 207 Å². The van der Waals surface area contributed by atoms with Crippen molar-refractivity contribution in [1.82, 2.24) is 20.0 Å². The van der Waals surface area contributed by atoms with Crippen molar-refractivity contribution >= 4 is 11.7 Å². The summed E-state index contributed by atoms with van der Waals surface area (Å²) in [5.74, 6) is 6.08. The zero-order valence-corrected chi connectivity index (χ0v) is 20.1. The van der Waals surface area contributed by atoms with Gasteiger partial charge in [-0.05, 0) is 62.6 Å². The number of carboxylic acids is 1. The number of rotatable bonds is 9. The molecule has 12 heteroatoms. The molecule has 2 aliphatic rings. The van der Waals surface area contributed by atoms with Crippen LogP contribution in [0.4, 0.5) is 8.78 Å². The molecular formula is C24H30F2N6O4. The number of fused-ring (bicyclic) bond motifs is 1. The maximum atomic E-state index is 12.9. The number of carbonyl (C=O) groups is 1. The average molecular weight is 505 g/mol. The highest BCUT2D eigenvalue weighted by molar-refractivity contribution is 5.71. The van der Waals surface area contributed by atoms with Gasteiger partial charge in [-0.2, -0.15) is 4.98 Å². The summed E-state index contributed by atoms with van der Waals surface area (Å²) >= 11 is 0. The second-order valence-corrected chi connectivity index (χ2v) is 9.26. The lowest BCUT2D eigenvalue weighted by Crippen LogP contribution is -2.31. The molecule has 0 amide bonds. The molecule has 2 aliphatic carbocycles. The van der Waals surface area contributed by atoms with E-state index < -0.39 is 18.1 Å². The molecule has 2 saturated carbocycles. The van der Waals surface area contributed by atoms with Crippen molar-refractivity contribution in [3.8, 4) is 11.8 Å². The second-order valence-electron chi connectivity index (χ2n) is 9.26. The first kappa shape index (κ1) is 25.5. The van der Waals surface area contributed by atoms with Gasteiger partial charge < -0.3 is 25.3 Å². The predicted octanol–water partition coefficient (Wildman–Crippen LogP) is 2.90. The van der Waals surface area contributed by atoms with E-state index in [1.54, 1.807) is 26.1 Å². The van der Waals surface area contributed by atoms with Gasteiger partial charge in [-0.15, -0.1) is 0 Å². The highest BCUT2D eigenvalue weighted by Crippen LogP contribution is 2.48. The third-order valence-electron chi connectivity index (χ3n) is 6.95. The summed E-state index contributed by atoms with van der Waals surface area (Å²) in [5.41, 5.74) is 7.53. The zero-order chi connectivity index (χ0) is 26.0. The highest BCUT2D eigenvalue weighted by atomic mass is 19.3. The van der Waals surface area contributed by atoms with E-state index in [1.165, 1.54) is 11.2 Å². The van der Waals surface area contributed by atoms with E-state index in [9.17, 15) is 18.7 Å². The fourth-order valence-electron chi connectivity index (χ4n) is 5.14. The van der Waals surface area contributed by atoms with E-state index >= 15 is 0 Å². The minimum absolute atomic E-state index is 0.0514. The lowest BCUT2D eigenvalue weighted by molar-refractivity contribution is -0.143. The van der Waals surface area contributed by atoms with Crippen LogP contribution >= 0.6 is 0 Å². The first-order chi connectivity index (χ1) is 17.1. The third-order valence-corrected chi connectivity index (χ3v) is 6.95. The number of halogens is 2. The number of alkyl halides is 2. The van der Waals surface area contributed by atoms with Crippen molar-refractivity contribution in [1.29, 1.82) is 0 Å². The van der Waals surface area contributed by atoms with E-state index in [1.807, 2.05) is 0 Å². The first-order valence-electron chi connectivity index (χ1n) is 11.7. The number of aromatic nitrogens is 3. The summed E-state index contributed by atoms with van der Waals surface area (Å²) in [5, 5.41) is 10.7. The fourth-order valence-corrected chi connectivity index (χ4v) is 5.14. The van der Waals surface area contributed by atoms with E-state index in [2.05, 4.69) is 15.0 Å². The van der Waals surface area contributed by atoms with Crippen LogP contribution in [0.25, 0.3) is 5.70 Å². The number of hydrogen-bond donors (Lipinski definition) is 3. The van der Waals surface area contributed by atoms with E-state index in [0.717, 1.165) is 31.7 Å². The zero-order valence-electron chi connectivity index (χ0n) is 20.1. The number of likely N-dealkylation sites (N-methyl/N-ethyl adjacent to an activating group) is 1. The monoisotopic (exact) mass is 504 g/mol. The van der Waals surface area contributed by atoms with Gasteiger partial charge in [0.05, 0.1) is 34.8 Å². The van der Waals surface area contributed by atoms with Crippen molar-refractivity contribution in [3.63, 3.8) is 0 Å². The van der Waals surface area contributed by atoms with Crippen molar-refractivity contribution in [2.45, 2.75) is 45.1 Å². The summed E-state index contributed by atoms with van der Waals surface area (Å²) in [7, 11) is 1.56. The van der Waals surface area contributed by atoms with Gasteiger partial charge in [-0.3, -0.25) is 4.79 Å². The van der Waals surface area contributed by atoms with Crippen molar-refractivity contribution in [2.24, 2.45) is 29.3 Å². The van der Waals surface area contributed by atoms with Crippen LogP contribution < -0.4 is 21.1 Å². The number of hydrogen-bond acceptors (Lipinski definition) is 9. The summed E-state index contributed by atoms with van der Waals surface area (Å²) in [4.78, 5) is 23.6. The van der Waals surface area contributed by atoms with Crippen LogP contribution in [0, 0.1) is 24.7 Å². The van der Waals surface area contributed by atoms with Crippen LogP contribution in [0.3, 0.4) is 0 Å². The Hall–Kier alpha value is -3.54. The van der Waals surface area contributed by atoms with E-state index in [0.29, 0.717) is 28.8 Å². The van der Waals surface area contributed by atoms with Crippen molar-refractivity contribution in [3.05, 3.63) is 47.2 Å². The number of hydrazine groups is 1. The normalized spacial score (nSPS) is 23.8. The van der Waals surface area contributed by atoms with E-state index in [-0.39, 0.29) is 36.3 Å². The Morgan fingerprint density at radius 3 is 2.69 bits per heavy atom. The standard InChI is InChI=1S/C24H30F2N6O4/c1-12-20(36-14-9-13-3-4-15(23(33)34)16(13)10-14)6-5-17(30-12)21(27)19(32(2)28)11-35-24-29-8-7-18(31-24)22(25)26/h5-8,13-16,22H,3-4,9-11,27-28H2,1-2H3,(H,33,34)/b21-19-.